The first-order valence-electron chi connectivity index (χ1n) is 7.50. The predicted molar refractivity (Wildman–Crippen MR) is 94.8 cm³/mol. The van der Waals surface area contributed by atoms with Crippen molar-refractivity contribution >= 4 is 17.8 Å². The number of hydrogen-bond acceptors (Lipinski definition) is 5. The topological polar surface area (TPSA) is 72.0 Å². The Morgan fingerprint density at radius 1 is 1.08 bits per heavy atom. The van der Waals surface area contributed by atoms with Gasteiger partial charge in [0.25, 0.3) is 5.91 Å². The van der Waals surface area contributed by atoms with Gasteiger partial charge in [0.2, 0.25) is 0 Å². The Labute approximate surface area is 141 Å². The molecule has 0 aliphatic heterocycles. The zero-order valence-corrected chi connectivity index (χ0v) is 13.9. The van der Waals surface area contributed by atoms with Gasteiger partial charge in [-0.15, -0.1) is 0 Å². The third-order valence-electron chi connectivity index (χ3n) is 3.38. The first-order chi connectivity index (χ1) is 11.6. The first-order valence-corrected chi connectivity index (χ1v) is 7.50. The van der Waals surface area contributed by atoms with E-state index in [-0.39, 0.29) is 5.91 Å². The van der Waals surface area contributed by atoms with Crippen molar-refractivity contribution < 1.29 is 14.3 Å². The molecule has 1 amide bonds. The van der Waals surface area contributed by atoms with Crippen molar-refractivity contribution in [2.75, 3.05) is 19.5 Å². The van der Waals surface area contributed by atoms with E-state index in [4.69, 9.17) is 9.47 Å². The summed E-state index contributed by atoms with van der Waals surface area (Å²) in [6.45, 7) is 1.75. The Hall–Kier alpha value is -3.02. The molecule has 1 unspecified atom stereocenters. The SMILES string of the molecule is COc1ccc(C=NNC(=O)C(C)Nc2ccccc2OC)cc1. The van der Waals surface area contributed by atoms with E-state index in [0.717, 1.165) is 17.0 Å². The van der Waals surface area contributed by atoms with Gasteiger partial charge in [-0.3, -0.25) is 4.79 Å². The van der Waals surface area contributed by atoms with Crippen molar-refractivity contribution in [3.05, 3.63) is 54.1 Å². The van der Waals surface area contributed by atoms with Gasteiger partial charge in [0, 0.05) is 0 Å². The van der Waals surface area contributed by atoms with E-state index in [2.05, 4.69) is 15.8 Å². The summed E-state index contributed by atoms with van der Waals surface area (Å²) in [5.41, 5.74) is 4.13. The number of carbonyl (C=O) groups is 1. The number of para-hydroxylation sites is 2. The van der Waals surface area contributed by atoms with E-state index in [0.29, 0.717) is 5.75 Å². The highest BCUT2D eigenvalue weighted by Gasteiger charge is 2.13. The summed E-state index contributed by atoms with van der Waals surface area (Å²) < 4.78 is 10.3. The van der Waals surface area contributed by atoms with E-state index in [1.165, 1.54) is 0 Å². The molecule has 2 aromatic carbocycles. The van der Waals surface area contributed by atoms with Gasteiger partial charge in [-0.25, -0.2) is 5.43 Å². The van der Waals surface area contributed by atoms with Crippen LogP contribution in [0.25, 0.3) is 0 Å². The molecule has 0 saturated carbocycles. The third-order valence-corrected chi connectivity index (χ3v) is 3.38. The summed E-state index contributed by atoms with van der Waals surface area (Å²) in [7, 11) is 3.20. The Morgan fingerprint density at radius 3 is 2.46 bits per heavy atom. The quantitative estimate of drug-likeness (QED) is 0.606. The molecule has 6 nitrogen and oxygen atoms in total. The summed E-state index contributed by atoms with van der Waals surface area (Å²) in [6.07, 6.45) is 1.58. The van der Waals surface area contributed by atoms with Crippen LogP contribution in [0.3, 0.4) is 0 Å². The highest BCUT2D eigenvalue weighted by Crippen LogP contribution is 2.23. The average molecular weight is 327 g/mol. The average Bonchev–Trinajstić information content (AvgIpc) is 2.62. The molecule has 0 radical (unpaired) electrons. The van der Waals surface area contributed by atoms with Crippen molar-refractivity contribution in [1.82, 2.24) is 5.43 Å². The normalized spacial score (nSPS) is 11.8. The molecule has 0 aliphatic rings. The van der Waals surface area contributed by atoms with Crippen LogP contribution in [-0.4, -0.2) is 32.4 Å². The lowest BCUT2D eigenvalue weighted by molar-refractivity contribution is -0.121. The monoisotopic (exact) mass is 327 g/mol. The number of methoxy groups -OCH3 is 2. The lowest BCUT2D eigenvalue weighted by Crippen LogP contribution is -2.35. The standard InChI is InChI=1S/C18H21N3O3/c1-13(20-16-6-4-5-7-17(16)24-3)18(22)21-19-12-14-8-10-15(23-2)11-9-14/h4-13,20H,1-3H3,(H,21,22). The molecule has 2 aromatic rings. The van der Waals surface area contributed by atoms with Crippen LogP contribution in [0.2, 0.25) is 0 Å². The summed E-state index contributed by atoms with van der Waals surface area (Å²) in [4.78, 5) is 12.1. The smallest absolute Gasteiger partial charge is 0.262 e. The fraction of sp³-hybridized carbons (Fsp3) is 0.222. The summed E-state index contributed by atoms with van der Waals surface area (Å²) in [6, 6.07) is 14.3. The van der Waals surface area contributed by atoms with Gasteiger partial charge in [0.05, 0.1) is 26.1 Å². The number of amides is 1. The molecule has 0 bridgehead atoms. The molecule has 0 saturated heterocycles. The molecule has 0 fully saturated rings. The minimum atomic E-state index is -0.464. The number of ether oxygens (including phenoxy) is 2. The number of nitrogens with one attached hydrogen (secondary N) is 2. The number of rotatable bonds is 7. The molecule has 6 heteroatoms. The van der Waals surface area contributed by atoms with E-state index >= 15 is 0 Å². The number of benzene rings is 2. The minimum absolute atomic E-state index is 0.245. The lowest BCUT2D eigenvalue weighted by atomic mass is 10.2. The lowest BCUT2D eigenvalue weighted by Gasteiger charge is -2.15. The molecule has 0 spiro atoms. The van der Waals surface area contributed by atoms with Crippen LogP contribution in [-0.2, 0) is 4.79 Å². The number of carbonyl (C=O) groups excluding carboxylic acids is 1. The summed E-state index contributed by atoms with van der Waals surface area (Å²) >= 11 is 0. The third kappa shape index (κ3) is 4.74. The van der Waals surface area contributed by atoms with Crippen LogP contribution in [0.15, 0.2) is 53.6 Å². The summed E-state index contributed by atoms with van der Waals surface area (Å²) in [5.74, 6) is 1.20. The fourth-order valence-corrected chi connectivity index (χ4v) is 2.02. The van der Waals surface area contributed by atoms with Crippen LogP contribution in [0, 0.1) is 0 Å². The van der Waals surface area contributed by atoms with Gasteiger partial charge in [0.1, 0.15) is 17.5 Å². The molecule has 0 heterocycles. The van der Waals surface area contributed by atoms with Gasteiger partial charge >= 0.3 is 0 Å². The van der Waals surface area contributed by atoms with Gasteiger partial charge in [-0.05, 0) is 48.9 Å². The Kier molecular flexibility index (Phi) is 6.19. The zero-order valence-electron chi connectivity index (χ0n) is 13.9. The zero-order chi connectivity index (χ0) is 17.4. The maximum Gasteiger partial charge on any atom is 0.262 e. The minimum Gasteiger partial charge on any atom is -0.497 e. The van der Waals surface area contributed by atoms with Gasteiger partial charge in [0.15, 0.2) is 0 Å². The molecule has 2 N–H and O–H groups in total. The van der Waals surface area contributed by atoms with Gasteiger partial charge in [-0.1, -0.05) is 12.1 Å². The van der Waals surface area contributed by atoms with Crippen LogP contribution in [0.4, 0.5) is 5.69 Å². The maximum atomic E-state index is 12.1. The van der Waals surface area contributed by atoms with Crippen LogP contribution < -0.4 is 20.2 Å². The molecular weight excluding hydrogens is 306 g/mol. The second-order valence-corrected chi connectivity index (χ2v) is 5.07. The molecule has 24 heavy (non-hydrogen) atoms. The molecule has 0 aliphatic carbocycles. The molecule has 2 rings (SSSR count). The van der Waals surface area contributed by atoms with Crippen molar-refractivity contribution in [2.24, 2.45) is 5.10 Å². The van der Waals surface area contributed by atoms with Crippen molar-refractivity contribution in [3.63, 3.8) is 0 Å². The maximum absolute atomic E-state index is 12.1. The van der Waals surface area contributed by atoms with Crippen molar-refractivity contribution in [2.45, 2.75) is 13.0 Å². The molecule has 126 valence electrons. The molecule has 0 aromatic heterocycles. The first kappa shape index (κ1) is 17.3. The highest BCUT2D eigenvalue weighted by atomic mass is 16.5. The van der Waals surface area contributed by atoms with Crippen LogP contribution >= 0.6 is 0 Å². The van der Waals surface area contributed by atoms with Crippen LogP contribution in [0.1, 0.15) is 12.5 Å². The Morgan fingerprint density at radius 2 is 1.79 bits per heavy atom. The Balaban J connectivity index is 1.90. The number of anilines is 1. The van der Waals surface area contributed by atoms with E-state index in [9.17, 15) is 4.79 Å². The van der Waals surface area contributed by atoms with Crippen molar-refractivity contribution in [3.8, 4) is 11.5 Å². The second kappa shape index (κ2) is 8.57. The fourth-order valence-electron chi connectivity index (χ4n) is 2.02. The van der Waals surface area contributed by atoms with Gasteiger partial charge < -0.3 is 14.8 Å². The molecule has 1 atom stereocenters. The Bertz CT molecular complexity index is 699. The van der Waals surface area contributed by atoms with Crippen LogP contribution in [0.5, 0.6) is 11.5 Å². The summed E-state index contributed by atoms with van der Waals surface area (Å²) in [5, 5.41) is 7.06. The highest BCUT2D eigenvalue weighted by molar-refractivity contribution is 5.86. The van der Waals surface area contributed by atoms with E-state index < -0.39 is 6.04 Å². The number of hydrogen-bond donors (Lipinski definition) is 2. The predicted octanol–water partition coefficient (Wildman–Crippen LogP) is 2.65. The number of hydrazone groups is 1. The van der Waals surface area contributed by atoms with E-state index in [1.807, 2.05) is 48.5 Å². The van der Waals surface area contributed by atoms with Crippen molar-refractivity contribution in [1.29, 1.82) is 0 Å². The number of nitrogens with zero attached hydrogens (tertiary/aromatic N) is 1. The second-order valence-electron chi connectivity index (χ2n) is 5.07. The van der Waals surface area contributed by atoms with Gasteiger partial charge in [-0.2, -0.15) is 5.10 Å². The van der Waals surface area contributed by atoms with E-state index in [1.54, 1.807) is 27.4 Å². The largest absolute Gasteiger partial charge is 0.497 e. The molecular formula is C18H21N3O3.